The molecule has 0 spiro atoms. The van der Waals surface area contributed by atoms with Crippen molar-refractivity contribution in [2.75, 3.05) is 11.5 Å². The monoisotopic (exact) mass is 506 g/mol. The number of nitrogens with two attached hydrogens (primary N) is 2. The van der Waals surface area contributed by atoms with Gasteiger partial charge in [-0.1, -0.05) is 35.3 Å². The first-order chi connectivity index (χ1) is 15.5. The Morgan fingerprint density at radius 2 is 0.824 bits per heavy atom. The van der Waals surface area contributed by atoms with Gasteiger partial charge in [0.25, 0.3) is 0 Å². The van der Waals surface area contributed by atoms with Crippen LogP contribution in [-0.4, -0.2) is 36.6 Å². The first kappa shape index (κ1) is 27.2. The van der Waals surface area contributed by atoms with Crippen molar-refractivity contribution >= 4 is 59.7 Å². The summed E-state index contributed by atoms with van der Waals surface area (Å²) < 4.78 is 23.7. The fourth-order valence-corrected chi connectivity index (χ4v) is 3.82. The summed E-state index contributed by atoms with van der Waals surface area (Å²) >= 11 is 11.7. The van der Waals surface area contributed by atoms with Crippen molar-refractivity contribution in [3.8, 4) is 0 Å². The van der Waals surface area contributed by atoms with Gasteiger partial charge in [0.15, 0.2) is 0 Å². The summed E-state index contributed by atoms with van der Waals surface area (Å²) in [5.41, 5.74) is 13.3. The Balaban J connectivity index is 0.000000191. The summed E-state index contributed by atoms with van der Waals surface area (Å²) in [6.45, 7) is 16.1. The molecule has 10 heteroatoms. The Kier molecular flexibility index (Phi) is 7.38. The van der Waals surface area contributed by atoms with E-state index in [0.29, 0.717) is 21.4 Å². The van der Waals surface area contributed by atoms with E-state index in [1.165, 1.54) is 0 Å². The fourth-order valence-electron chi connectivity index (χ4n) is 3.46. The van der Waals surface area contributed by atoms with Crippen LogP contribution in [0, 0.1) is 0 Å². The van der Waals surface area contributed by atoms with Crippen LogP contribution in [0.25, 0.3) is 0 Å². The number of benzene rings is 2. The third kappa shape index (κ3) is 5.38. The largest absolute Gasteiger partial charge is 0.496 e. The lowest BCUT2D eigenvalue weighted by Gasteiger charge is -2.32. The highest BCUT2D eigenvalue weighted by atomic mass is 35.5. The summed E-state index contributed by atoms with van der Waals surface area (Å²) in [6.07, 6.45) is 0. The van der Waals surface area contributed by atoms with Gasteiger partial charge >= 0.3 is 14.2 Å². The standard InChI is InChI=1S/2C12H17BClNO2/c2*1-11(2)12(3,4)17-13(16-11)9-6-5-8(14)7-10(9)15/h2*5-7H,15H2,1-4H3. The molecule has 6 nitrogen and oxygen atoms in total. The molecule has 2 saturated heterocycles. The van der Waals surface area contributed by atoms with Gasteiger partial charge in [0, 0.05) is 32.3 Å². The molecule has 0 amide bonds. The van der Waals surface area contributed by atoms with Gasteiger partial charge < -0.3 is 30.1 Å². The maximum Gasteiger partial charge on any atom is 0.496 e. The second-order valence-electron chi connectivity index (χ2n) is 10.7. The van der Waals surface area contributed by atoms with Crippen LogP contribution < -0.4 is 22.4 Å². The number of nitrogen functional groups attached to an aromatic ring is 2. The summed E-state index contributed by atoms with van der Waals surface area (Å²) in [5.74, 6) is 0. The molecule has 0 unspecified atom stereocenters. The first-order valence-corrected chi connectivity index (χ1v) is 12.0. The molecule has 2 aliphatic rings. The molecule has 2 aromatic carbocycles. The van der Waals surface area contributed by atoms with Crippen LogP contribution in [0.1, 0.15) is 55.4 Å². The lowest BCUT2D eigenvalue weighted by atomic mass is 9.78. The molecule has 184 valence electrons. The summed E-state index contributed by atoms with van der Waals surface area (Å²) in [6, 6.07) is 10.7. The van der Waals surface area contributed by atoms with Crippen LogP contribution in [0.4, 0.5) is 11.4 Å². The third-order valence-electron chi connectivity index (χ3n) is 7.11. The number of hydrogen-bond donors (Lipinski definition) is 2. The highest BCUT2D eigenvalue weighted by Crippen LogP contribution is 2.38. The lowest BCUT2D eigenvalue weighted by Crippen LogP contribution is -2.41. The molecule has 0 aromatic heterocycles. The summed E-state index contributed by atoms with van der Waals surface area (Å²) in [4.78, 5) is 0. The van der Waals surface area contributed by atoms with E-state index in [0.717, 1.165) is 10.9 Å². The molecule has 2 aromatic rings. The van der Waals surface area contributed by atoms with Crippen LogP contribution in [0.15, 0.2) is 36.4 Å². The molecule has 2 aliphatic heterocycles. The van der Waals surface area contributed by atoms with Crippen LogP contribution in [0.5, 0.6) is 0 Å². The minimum Gasteiger partial charge on any atom is -0.399 e. The average Bonchev–Trinajstić information content (AvgIpc) is 3.01. The van der Waals surface area contributed by atoms with Crippen LogP contribution >= 0.6 is 23.2 Å². The quantitative estimate of drug-likeness (QED) is 0.462. The van der Waals surface area contributed by atoms with E-state index in [-0.39, 0.29) is 22.4 Å². The van der Waals surface area contributed by atoms with Crippen molar-refractivity contribution in [3.05, 3.63) is 46.4 Å². The van der Waals surface area contributed by atoms with E-state index in [4.69, 9.17) is 53.3 Å². The van der Waals surface area contributed by atoms with Gasteiger partial charge in [0.05, 0.1) is 22.4 Å². The van der Waals surface area contributed by atoms with Gasteiger partial charge in [-0.25, -0.2) is 0 Å². The van der Waals surface area contributed by atoms with E-state index in [1.807, 2.05) is 67.5 Å². The molecule has 0 aliphatic carbocycles. The molecule has 2 heterocycles. The van der Waals surface area contributed by atoms with E-state index in [2.05, 4.69) is 0 Å². The van der Waals surface area contributed by atoms with Crippen molar-refractivity contribution in [3.63, 3.8) is 0 Å². The number of halogens is 2. The number of rotatable bonds is 2. The Morgan fingerprint density at radius 3 is 1.06 bits per heavy atom. The van der Waals surface area contributed by atoms with Gasteiger partial charge in [0.1, 0.15) is 0 Å². The van der Waals surface area contributed by atoms with E-state index in [9.17, 15) is 0 Å². The Morgan fingerprint density at radius 1 is 0.559 bits per heavy atom. The highest BCUT2D eigenvalue weighted by molar-refractivity contribution is 6.64. The zero-order valence-corrected chi connectivity index (χ0v) is 22.7. The average molecular weight is 507 g/mol. The minimum atomic E-state index is -0.433. The normalized spacial score (nSPS) is 21.8. The van der Waals surface area contributed by atoms with Crippen molar-refractivity contribution < 1.29 is 18.6 Å². The molecule has 0 saturated carbocycles. The third-order valence-corrected chi connectivity index (χ3v) is 7.58. The molecule has 34 heavy (non-hydrogen) atoms. The Hall–Kier alpha value is -1.41. The van der Waals surface area contributed by atoms with Crippen LogP contribution in [0.2, 0.25) is 10.0 Å². The number of hydrogen-bond acceptors (Lipinski definition) is 6. The van der Waals surface area contributed by atoms with E-state index in [1.54, 1.807) is 24.3 Å². The summed E-state index contributed by atoms with van der Waals surface area (Å²) in [5, 5.41) is 1.23. The summed E-state index contributed by atoms with van der Waals surface area (Å²) in [7, 11) is -0.866. The fraction of sp³-hybridized carbons (Fsp3) is 0.500. The Labute approximate surface area is 213 Å². The second kappa shape index (κ2) is 9.23. The lowest BCUT2D eigenvalue weighted by molar-refractivity contribution is 0.00578. The molecule has 0 atom stereocenters. The minimum absolute atomic E-state index is 0.357. The van der Waals surface area contributed by atoms with Gasteiger partial charge in [0.2, 0.25) is 0 Å². The molecule has 2 fully saturated rings. The molecule has 0 radical (unpaired) electrons. The zero-order valence-electron chi connectivity index (χ0n) is 21.2. The number of anilines is 2. The van der Waals surface area contributed by atoms with E-state index >= 15 is 0 Å². The van der Waals surface area contributed by atoms with Crippen LogP contribution in [0.3, 0.4) is 0 Å². The van der Waals surface area contributed by atoms with E-state index < -0.39 is 14.2 Å². The predicted octanol–water partition coefficient (Wildman–Crippen LogP) is 4.44. The molecule has 0 bridgehead atoms. The molecule has 4 rings (SSSR count). The first-order valence-electron chi connectivity index (χ1n) is 11.3. The van der Waals surface area contributed by atoms with Gasteiger partial charge in [-0.15, -0.1) is 0 Å². The Bertz CT molecular complexity index is 948. The molecule has 4 N–H and O–H groups in total. The maximum atomic E-state index is 5.93. The van der Waals surface area contributed by atoms with Gasteiger partial charge in [-0.3, -0.25) is 0 Å². The SMILES string of the molecule is CC1(C)OB(c2ccc(Cl)cc2N)OC1(C)C.CC1(C)OB(c2ccc(Cl)cc2N)OC1(C)C. The smallest absolute Gasteiger partial charge is 0.399 e. The second-order valence-corrected chi connectivity index (χ2v) is 11.6. The highest BCUT2D eigenvalue weighted by Gasteiger charge is 2.53. The van der Waals surface area contributed by atoms with Crippen molar-refractivity contribution in [2.24, 2.45) is 0 Å². The van der Waals surface area contributed by atoms with Gasteiger partial charge in [-0.05, 0) is 79.7 Å². The topological polar surface area (TPSA) is 89.0 Å². The zero-order chi connectivity index (χ0) is 25.7. The van der Waals surface area contributed by atoms with Crippen molar-refractivity contribution in [2.45, 2.75) is 77.8 Å². The maximum absolute atomic E-state index is 5.93. The van der Waals surface area contributed by atoms with Crippen molar-refractivity contribution in [1.29, 1.82) is 0 Å². The van der Waals surface area contributed by atoms with Crippen LogP contribution in [-0.2, 0) is 18.6 Å². The molecular formula is C24H34B2Cl2N2O4. The van der Waals surface area contributed by atoms with Gasteiger partial charge in [-0.2, -0.15) is 0 Å². The predicted molar refractivity (Wildman–Crippen MR) is 143 cm³/mol. The van der Waals surface area contributed by atoms with Crippen molar-refractivity contribution in [1.82, 2.24) is 0 Å². The molecular weight excluding hydrogens is 473 g/mol.